The molecule has 0 amide bonds. The second-order valence-electron chi connectivity index (χ2n) is 7.97. The van der Waals surface area contributed by atoms with Gasteiger partial charge in [-0.25, -0.2) is 6.07 Å². The summed E-state index contributed by atoms with van der Waals surface area (Å²) in [6.45, 7) is 11.2. The molecule has 4 rings (SSSR count). The third-order valence-corrected chi connectivity index (χ3v) is 4.93. The zero-order valence-electron chi connectivity index (χ0n) is 17.4. The number of benzene rings is 2. The van der Waals surface area contributed by atoms with Crippen molar-refractivity contribution in [1.82, 2.24) is 0 Å². The molecule has 3 aromatic carbocycles. The largest absolute Gasteiger partial charge is 4.00 e. The van der Waals surface area contributed by atoms with E-state index in [0.29, 0.717) is 5.41 Å². The third kappa shape index (κ3) is 6.12. The van der Waals surface area contributed by atoms with E-state index in [2.05, 4.69) is 89.2 Å². The van der Waals surface area contributed by atoms with Crippen molar-refractivity contribution in [2.45, 2.75) is 52.9 Å². The minimum Gasteiger partial charge on any atom is -1.00 e. The van der Waals surface area contributed by atoms with Crippen molar-refractivity contribution >= 4 is 0 Å². The summed E-state index contributed by atoms with van der Waals surface area (Å²) in [7, 11) is 0. The smallest absolute Gasteiger partial charge is 1.00 e. The molecule has 0 bridgehead atoms. The molecule has 0 heterocycles. The Morgan fingerprint density at radius 3 is 2.25 bits per heavy atom. The van der Waals surface area contributed by atoms with Crippen LogP contribution >= 0.6 is 0 Å². The molecule has 0 aliphatic heterocycles. The summed E-state index contributed by atoms with van der Waals surface area (Å²) in [4.78, 5) is 0. The molecule has 146 valence electrons. The number of hydrogen-bond donors (Lipinski definition) is 0. The van der Waals surface area contributed by atoms with Crippen LogP contribution in [0.25, 0.3) is 11.1 Å². The van der Waals surface area contributed by atoms with Crippen molar-refractivity contribution in [1.29, 1.82) is 0 Å². The fourth-order valence-electron chi connectivity index (χ4n) is 3.70. The SMILES string of the molecule is CCc1[cH-]c(C)cc1C(C)(C)C.[Cl-].[Cl-].[Zr+4].[c-]1cccc2c1Cc1ccccc1-2. The van der Waals surface area contributed by atoms with E-state index in [4.69, 9.17) is 0 Å². The van der Waals surface area contributed by atoms with Gasteiger partial charge in [0.2, 0.25) is 0 Å². The quantitative estimate of drug-likeness (QED) is 0.344. The number of rotatable bonds is 1. The van der Waals surface area contributed by atoms with E-state index in [1.165, 1.54) is 38.9 Å². The fraction of sp³-hybridized carbons (Fsp3) is 0.320. The Bertz CT molecular complexity index is 829. The van der Waals surface area contributed by atoms with Crippen molar-refractivity contribution in [3.63, 3.8) is 0 Å². The molecule has 1 aliphatic rings. The molecule has 3 aromatic rings. The zero-order valence-corrected chi connectivity index (χ0v) is 21.3. The molecular formula is C25H28Cl2Zr. The molecule has 0 atom stereocenters. The number of halogens is 2. The maximum absolute atomic E-state index is 3.30. The summed E-state index contributed by atoms with van der Waals surface area (Å²) < 4.78 is 0. The maximum atomic E-state index is 3.30. The first-order chi connectivity index (χ1) is 11.9. The first-order valence-electron chi connectivity index (χ1n) is 9.24. The van der Waals surface area contributed by atoms with E-state index in [0.717, 1.165) is 12.8 Å². The van der Waals surface area contributed by atoms with Gasteiger partial charge in [0.1, 0.15) is 0 Å². The van der Waals surface area contributed by atoms with E-state index in [-0.39, 0.29) is 51.0 Å². The van der Waals surface area contributed by atoms with Gasteiger partial charge < -0.3 is 24.8 Å². The Morgan fingerprint density at radius 1 is 1.00 bits per heavy atom. The minimum atomic E-state index is 0. The minimum absolute atomic E-state index is 0. The van der Waals surface area contributed by atoms with Gasteiger partial charge in [0.25, 0.3) is 0 Å². The Kier molecular flexibility index (Phi) is 11.1. The van der Waals surface area contributed by atoms with Crippen molar-refractivity contribution in [3.8, 4) is 11.1 Å². The standard InChI is InChI=1S/C13H9.C12H19.2ClH.Zr/c1-3-7-12-10(5-1)9-11-6-2-4-8-13(11)12;1-6-10-7-9(2)8-11(10)12(3,4)5;;;/h1-5,7-8H,9H2;7-8H,6H2,1-5H3;2*1H;/q2*-1;;;+4/p-2. The topological polar surface area (TPSA) is 0 Å². The zero-order chi connectivity index (χ0) is 18.0. The van der Waals surface area contributed by atoms with Gasteiger partial charge in [-0.3, -0.25) is 0 Å². The molecule has 0 saturated heterocycles. The predicted octanol–water partition coefficient (Wildman–Crippen LogP) is 0.637. The van der Waals surface area contributed by atoms with Crippen LogP contribution < -0.4 is 24.8 Å². The molecule has 0 aromatic heterocycles. The Hall–Kier alpha value is -0.747. The van der Waals surface area contributed by atoms with Crippen LogP contribution in [0.2, 0.25) is 0 Å². The van der Waals surface area contributed by atoms with Gasteiger partial charge >= 0.3 is 26.2 Å². The van der Waals surface area contributed by atoms with E-state index in [1.54, 1.807) is 0 Å². The number of aryl methyl sites for hydroxylation is 2. The van der Waals surface area contributed by atoms with E-state index in [9.17, 15) is 0 Å². The van der Waals surface area contributed by atoms with Crippen LogP contribution in [0, 0.1) is 13.0 Å². The average molecular weight is 491 g/mol. The van der Waals surface area contributed by atoms with E-state index >= 15 is 0 Å². The average Bonchev–Trinajstić information content (AvgIpc) is 3.15. The molecular weight excluding hydrogens is 462 g/mol. The van der Waals surface area contributed by atoms with Crippen molar-refractivity contribution in [2.24, 2.45) is 0 Å². The summed E-state index contributed by atoms with van der Waals surface area (Å²) in [5, 5.41) is 0. The summed E-state index contributed by atoms with van der Waals surface area (Å²) in [5.74, 6) is 0. The van der Waals surface area contributed by atoms with Gasteiger partial charge in [0.05, 0.1) is 0 Å². The molecule has 0 fully saturated rings. The van der Waals surface area contributed by atoms with Crippen LogP contribution in [0.15, 0.2) is 54.6 Å². The molecule has 1 aliphatic carbocycles. The molecule has 0 N–H and O–H groups in total. The second kappa shape index (κ2) is 11.4. The molecule has 0 spiro atoms. The summed E-state index contributed by atoms with van der Waals surface area (Å²) in [6, 6.07) is 22.7. The van der Waals surface area contributed by atoms with Crippen LogP contribution in [-0.2, 0) is 44.5 Å². The normalized spacial score (nSPS) is 10.9. The number of fused-ring (bicyclic) bond motifs is 3. The van der Waals surface area contributed by atoms with Gasteiger partial charge in [0.15, 0.2) is 0 Å². The summed E-state index contributed by atoms with van der Waals surface area (Å²) >= 11 is 0. The van der Waals surface area contributed by atoms with E-state index in [1.807, 2.05) is 6.07 Å². The van der Waals surface area contributed by atoms with Crippen LogP contribution in [0.5, 0.6) is 0 Å². The Morgan fingerprint density at radius 2 is 1.64 bits per heavy atom. The molecule has 28 heavy (non-hydrogen) atoms. The Balaban J connectivity index is 0.000000472. The van der Waals surface area contributed by atoms with Crippen molar-refractivity contribution in [3.05, 3.63) is 88.5 Å². The Labute approximate surface area is 202 Å². The van der Waals surface area contributed by atoms with Crippen molar-refractivity contribution in [2.75, 3.05) is 0 Å². The summed E-state index contributed by atoms with van der Waals surface area (Å²) in [5.41, 5.74) is 10.2. The molecule has 3 heteroatoms. The molecule has 0 radical (unpaired) electrons. The first kappa shape index (κ1) is 27.3. The van der Waals surface area contributed by atoms with Gasteiger partial charge in [0, 0.05) is 0 Å². The van der Waals surface area contributed by atoms with Gasteiger partial charge in [-0.1, -0.05) is 81.8 Å². The van der Waals surface area contributed by atoms with Gasteiger partial charge in [-0.2, -0.15) is 52.6 Å². The molecule has 0 unspecified atom stereocenters. The van der Waals surface area contributed by atoms with Crippen LogP contribution in [-0.4, -0.2) is 0 Å². The number of hydrogen-bond acceptors (Lipinski definition) is 0. The van der Waals surface area contributed by atoms with Crippen LogP contribution in [0.1, 0.15) is 55.5 Å². The van der Waals surface area contributed by atoms with Gasteiger partial charge in [-0.05, 0) is 6.42 Å². The summed E-state index contributed by atoms with van der Waals surface area (Å²) in [6.07, 6.45) is 2.20. The maximum Gasteiger partial charge on any atom is 4.00 e. The third-order valence-electron chi connectivity index (χ3n) is 4.93. The van der Waals surface area contributed by atoms with Crippen LogP contribution in [0.3, 0.4) is 0 Å². The van der Waals surface area contributed by atoms with Crippen LogP contribution in [0.4, 0.5) is 0 Å². The monoisotopic (exact) mass is 488 g/mol. The van der Waals surface area contributed by atoms with Gasteiger partial charge in [-0.15, -0.1) is 5.56 Å². The fourth-order valence-corrected chi connectivity index (χ4v) is 3.70. The predicted molar refractivity (Wildman–Crippen MR) is 108 cm³/mol. The first-order valence-corrected chi connectivity index (χ1v) is 9.24. The molecule has 0 saturated carbocycles. The second-order valence-corrected chi connectivity index (χ2v) is 7.97. The van der Waals surface area contributed by atoms with Crippen molar-refractivity contribution < 1.29 is 51.0 Å². The molecule has 0 nitrogen and oxygen atoms in total. The van der Waals surface area contributed by atoms with E-state index < -0.39 is 0 Å².